The molecule has 1 N–H and O–H groups in total. The summed E-state index contributed by atoms with van der Waals surface area (Å²) >= 11 is 0. The molecule has 0 aliphatic carbocycles. The van der Waals surface area contributed by atoms with Crippen molar-refractivity contribution in [3.05, 3.63) is 35.2 Å². The smallest absolute Gasteiger partial charge is 0.179 e. The second-order valence-corrected chi connectivity index (χ2v) is 7.45. The Balaban J connectivity index is 2.53. The minimum absolute atomic E-state index is 0.0244. The Labute approximate surface area is 130 Å². The van der Waals surface area contributed by atoms with Crippen LogP contribution in [0.4, 0.5) is 0 Å². The van der Waals surface area contributed by atoms with E-state index in [0.29, 0.717) is 11.4 Å². The van der Waals surface area contributed by atoms with Gasteiger partial charge in [0.05, 0.1) is 27.7 Å². The summed E-state index contributed by atoms with van der Waals surface area (Å²) in [5.74, 6) is 0.0215. The van der Waals surface area contributed by atoms with Gasteiger partial charge >= 0.3 is 0 Å². The lowest BCUT2D eigenvalue weighted by Crippen LogP contribution is -2.04. The molecule has 0 saturated heterocycles. The Morgan fingerprint density at radius 3 is 2.41 bits per heavy atom. The predicted octanol–water partition coefficient (Wildman–Crippen LogP) is 2.94. The number of sulfone groups is 1. The summed E-state index contributed by atoms with van der Waals surface area (Å²) < 4.78 is 23.7. The maximum absolute atomic E-state index is 11.8. The molecular formula is C16H20N2O3S. The number of hydrogen-bond acceptors (Lipinski definition) is 4. The third-order valence-corrected chi connectivity index (χ3v) is 5.54. The second-order valence-electron chi connectivity index (χ2n) is 5.17. The van der Waals surface area contributed by atoms with E-state index < -0.39 is 9.84 Å². The number of Topliss-reactive ketones (excluding diaryl/α,β-unsaturated/α-hetero) is 1. The number of carbonyl (C=O) groups excluding carboxylic acids is 1. The molecule has 2 heterocycles. The summed E-state index contributed by atoms with van der Waals surface area (Å²) in [4.78, 5) is 19.3. The molecule has 0 spiro atoms. The summed E-state index contributed by atoms with van der Waals surface area (Å²) in [6, 6.07) is 3.24. The van der Waals surface area contributed by atoms with E-state index in [9.17, 15) is 13.2 Å². The quantitative estimate of drug-likeness (QED) is 0.859. The molecule has 5 nitrogen and oxygen atoms in total. The van der Waals surface area contributed by atoms with Crippen LogP contribution in [-0.4, -0.2) is 29.9 Å². The molecular weight excluding hydrogens is 300 g/mol. The largest absolute Gasteiger partial charge is 0.350 e. The zero-order valence-corrected chi connectivity index (χ0v) is 14.0. The van der Waals surface area contributed by atoms with E-state index in [1.807, 2.05) is 13.8 Å². The van der Waals surface area contributed by atoms with Crippen molar-refractivity contribution in [2.75, 3.05) is 5.75 Å². The average Bonchev–Trinajstić information content (AvgIpc) is 2.84. The summed E-state index contributed by atoms with van der Waals surface area (Å²) in [6.45, 7) is 7.04. The van der Waals surface area contributed by atoms with Crippen LogP contribution in [0.15, 0.2) is 23.2 Å². The fourth-order valence-electron chi connectivity index (χ4n) is 2.52. The van der Waals surface area contributed by atoms with Gasteiger partial charge in [0.15, 0.2) is 15.6 Å². The fraction of sp³-hybridized carbons (Fsp3) is 0.375. The lowest BCUT2D eigenvalue weighted by molar-refractivity contribution is 0.101. The number of pyridine rings is 1. The van der Waals surface area contributed by atoms with Crippen LogP contribution in [0.25, 0.3) is 11.4 Å². The Bertz CT molecular complexity index is 803. The molecule has 0 radical (unpaired) electrons. The summed E-state index contributed by atoms with van der Waals surface area (Å²) in [5, 5.41) is 0. The highest BCUT2D eigenvalue weighted by Crippen LogP contribution is 2.28. The Hall–Kier alpha value is -1.95. The summed E-state index contributed by atoms with van der Waals surface area (Å²) in [7, 11) is -3.26. The first-order valence-electron chi connectivity index (χ1n) is 7.23. The number of rotatable bonds is 5. The third kappa shape index (κ3) is 2.83. The van der Waals surface area contributed by atoms with Crippen molar-refractivity contribution in [3.8, 4) is 11.4 Å². The molecule has 2 aromatic heterocycles. The van der Waals surface area contributed by atoms with Crippen LogP contribution < -0.4 is 0 Å². The monoisotopic (exact) mass is 320 g/mol. The molecule has 2 aromatic rings. The molecule has 0 unspecified atom stereocenters. The number of aromatic nitrogens is 2. The van der Waals surface area contributed by atoms with Crippen molar-refractivity contribution in [2.45, 2.75) is 39.0 Å². The molecule has 0 aliphatic heterocycles. The van der Waals surface area contributed by atoms with Gasteiger partial charge in [0.2, 0.25) is 0 Å². The van der Waals surface area contributed by atoms with Crippen LogP contribution in [0.1, 0.15) is 42.4 Å². The van der Waals surface area contributed by atoms with Crippen molar-refractivity contribution in [1.82, 2.24) is 9.97 Å². The van der Waals surface area contributed by atoms with E-state index in [1.165, 1.54) is 13.1 Å². The maximum Gasteiger partial charge on any atom is 0.179 e. The summed E-state index contributed by atoms with van der Waals surface area (Å²) in [5.41, 5.74) is 3.97. The van der Waals surface area contributed by atoms with Crippen molar-refractivity contribution in [1.29, 1.82) is 0 Å². The molecule has 0 fully saturated rings. The van der Waals surface area contributed by atoms with Crippen molar-refractivity contribution < 1.29 is 13.2 Å². The summed E-state index contributed by atoms with van der Waals surface area (Å²) in [6.07, 6.45) is 2.14. The van der Waals surface area contributed by atoms with Crippen molar-refractivity contribution in [3.63, 3.8) is 0 Å². The Morgan fingerprint density at radius 1 is 1.27 bits per heavy atom. The molecule has 0 saturated carbocycles. The number of nitrogens with zero attached hydrogens (tertiary/aromatic N) is 1. The third-order valence-electron chi connectivity index (χ3n) is 3.82. The molecule has 22 heavy (non-hydrogen) atoms. The SMILES string of the molecule is CCc1c(-c2ccc(S(=O)(=O)CC)cn2)[nH]c(C(C)=O)c1C. The second kappa shape index (κ2) is 6.04. The van der Waals surface area contributed by atoms with E-state index in [-0.39, 0.29) is 16.4 Å². The molecule has 0 aliphatic rings. The first-order valence-corrected chi connectivity index (χ1v) is 8.88. The lowest BCUT2D eigenvalue weighted by Gasteiger charge is -2.04. The molecule has 118 valence electrons. The van der Waals surface area contributed by atoms with Crippen LogP contribution in [0, 0.1) is 6.92 Å². The van der Waals surface area contributed by atoms with E-state index >= 15 is 0 Å². The zero-order valence-electron chi connectivity index (χ0n) is 13.2. The van der Waals surface area contributed by atoms with Crippen LogP contribution in [0.5, 0.6) is 0 Å². The van der Waals surface area contributed by atoms with Gasteiger partial charge < -0.3 is 4.98 Å². The van der Waals surface area contributed by atoms with E-state index in [1.54, 1.807) is 19.1 Å². The number of carbonyl (C=O) groups is 1. The number of hydrogen-bond donors (Lipinski definition) is 1. The van der Waals surface area contributed by atoms with Gasteiger partial charge in [-0.3, -0.25) is 9.78 Å². The first-order chi connectivity index (χ1) is 10.3. The van der Waals surface area contributed by atoms with Crippen molar-refractivity contribution in [2.24, 2.45) is 0 Å². The van der Waals surface area contributed by atoms with Crippen LogP contribution in [0.2, 0.25) is 0 Å². The van der Waals surface area contributed by atoms with Gasteiger partial charge in [-0.25, -0.2) is 8.42 Å². The van der Waals surface area contributed by atoms with Gasteiger partial charge in [-0.1, -0.05) is 13.8 Å². The lowest BCUT2D eigenvalue weighted by atomic mass is 10.0. The topological polar surface area (TPSA) is 79.9 Å². The minimum Gasteiger partial charge on any atom is -0.350 e. The first kappa shape index (κ1) is 16.4. The van der Waals surface area contributed by atoms with Gasteiger partial charge in [0.1, 0.15) is 0 Å². The number of aromatic amines is 1. The number of H-pyrrole nitrogens is 1. The van der Waals surface area contributed by atoms with E-state index in [4.69, 9.17) is 0 Å². The van der Waals surface area contributed by atoms with Crippen LogP contribution in [0.3, 0.4) is 0 Å². The molecule has 0 atom stereocenters. The van der Waals surface area contributed by atoms with Gasteiger partial charge in [0.25, 0.3) is 0 Å². The standard InChI is InChI=1S/C16H20N2O3S/c1-5-13-10(3)15(11(4)19)18-16(13)14-8-7-12(9-17-14)22(20,21)6-2/h7-9,18H,5-6H2,1-4H3. The van der Waals surface area contributed by atoms with Crippen molar-refractivity contribution >= 4 is 15.6 Å². The Kier molecular flexibility index (Phi) is 4.51. The maximum atomic E-state index is 11.8. The van der Waals surface area contributed by atoms with Gasteiger partial charge in [0, 0.05) is 13.1 Å². The molecule has 6 heteroatoms. The number of ketones is 1. The van der Waals surface area contributed by atoms with E-state index in [0.717, 1.165) is 23.2 Å². The minimum atomic E-state index is -3.26. The average molecular weight is 320 g/mol. The van der Waals surface area contributed by atoms with Gasteiger partial charge in [-0.15, -0.1) is 0 Å². The highest BCUT2D eigenvalue weighted by molar-refractivity contribution is 7.91. The van der Waals surface area contributed by atoms with Gasteiger partial charge in [-0.05, 0) is 36.6 Å². The zero-order chi connectivity index (χ0) is 16.5. The molecule has 0 aromatic carbocycles. The van der Waals surface area contributed by atoms with Gasteiger partial charge in [-0.2, -0.15) is 0 Å². The molecule has 0 bridgehead atoms. The highest BCUT2D eigenvalue weighted by atomic mass is 32.2. The molecule has 2 rings (SSSR count). The van der Waals surface area contributed by atoms with Crippen LogP contribution in [-0.2, 0) is 16.3 Å². The molecule has 0 amide bonds. The normalized spacial score (nSPS) is 11.6. The predicted molar refractivity (Wildman–Crippen MR) is 85.9 cm³/mol. The van der Waals surface area contributed by atoms with E-state index in [2.05, 4.69) is 9.97 Å². The van der Waals surface area contributed by atoms with Crippen LogP contribution >= 0.6 is 0 Å². The Morgan fingerprint density at radius 2 is 1.95 bits per heavy atom. The fourth-order valence-corrected chi connectivity index (χ4v) is 3.35. The highest BCUT2D eigenvalue weighted by Gasteiger charge is 2.18. The number of nitrogens with one attached hydrogen (secondary N) is 1.